The molecule has 5 heteroatoms. The zero-order valence-electron chi connectivity index (χ0n) is 12.6. The number of fused-ring (bicyclic) bond motifs is 1. The van der Waals surface area contributed by atoms with E-state index in [2.05, 4.69) is 41.4 Å². The topological polar surface area (TPSA) is 28.2 Å². The highest BCUT2D eigenvalue weighted by molar-refractivity contribution is 7.13. The van der Waals surface area contributed by atoms with Gasteiger partial charge in [-0.15, -0.1) is 11.3 Å². The van der Waals surface area contributed by atoms with Crippen LogP contribution in [0.3, 0.4) is 0 Å². The molecule has 0 unspecified atom stereocenters. The van der Waals surface area contributed by atoms with Crippen molar-refractivity contribution in [1.29, 1.82) is 0 Å². The minimum absolute atomic E-state index is 0.0765. The van der Waals surface area contributed by atoms with Crippen LogP contribution >= 0.6 is 11.3 Å². The van der Waals surface area contributed by atoms with E-state index < -0.39 is 0 Å². The van der Waals surface area contributed by atoms with Crippen LogP contribution in [0.5, 0.6) is 0 Å². The van der Waals surface area contributed by atoms with Gasteiger partial charge in [-0.1, -0.05) is 6.07 Å². The Labute approximate surface area is 128 Å². The SMILES string of the molecule is CC(C)(C)NCc1csc(N2CCc3ccc(F)cc32)n1. The molecule has 0 saturated carbocycles. The Morgan fingerprint density at radius 2 is 2.19 bits per heavy atom. The zero-order valence-corrected chi connectivity index (χ0v) is 13.4. The van der Waals surface area contributed by atoms with Gasteiger partial charge in [-0.2, -0.15) is 0 Å². The fraction of sp³-hybridized carbons (Fsp3) is 0.438. The van der Waals surface area contributed by atoms with Crippen molar-refractivity contribution in [2.75, 3.05) is 11.4 Å². The molecule has 0 fully saturated rings. The van der Waals surface area contributed by atoms with Gasteiger partial charge in [0.2, 0.25) is 0 Å². The summed E-state index contributed by atoms with van der Waals surface area (Å²) in [7, 11) is 0. The average molecular weight is 305 g/mol. The first-order valence-corrected chi connectivity index (χ1v) is 8.06. The molecule has 2 aromatic rings. The molecule has 112 valence electrons. The number of benzene rings is 1. The summed E-state index contributed by atoms with van der Waals surface area (Å²) in [6.07, 6.45) is 0.949. The van der Waals surface area contributed by atoms with Gasteiger partial charge in [0.15, 0.2) is 5.13 Å². The largest absolute Gasteiger partial charge is 0.317 e. The van der Waals surface area contributed by atoms with Crippen LogP contribution in [0.4, 0.5) is 15.2 Å². The van der Waals surface area contributed by atoms with Gasteiger partial charge in [0.05, 0.1) is 5.69 Å². The van der Waals surface area contributed by atoms with E-state index in [9.17, 15) is 4.39 Å². The van der Waals surface area contributed by atoms with Crippen molar-refractivity contribution in [2.24, 2.45) is 0 Å². The van der Waals surface area contributed by atoms with Gasteiger partial charge in [0, 0.05) is 29.7 Å². The van der Waals surface area contributed by atoms with E-state index in [4.69, 9.17) is 0 Å². The van der Waals surface area contributed by atoms with Crippen molar-refractivity contribution < 1.29 is 4.39 Å². The second-order valence-electron chi connectivity index (χ2n) is 6.40. The van der Waals surface area contributed by atoms with Gasteiger partial charge in [-0.3, -0.25) is 0 Å². The second kappa shape index (κ2) is 5.39. The number of nitrogens with one attached hydrogen (secondary N) is 1. The number of rotatable bonds is 3. The summed E-state index contributed by atoms with van der Waals surface area (Å²) >= 11 is 1.62. The molecular formula is C16H20FN3S. The molecule has 0 amide bonds. The third-order valence-electron chi connectivity index (χ3n) is 3.51. The highest BCUT2D eigenvalue weighted by Gasteiger charge is 2.23. The number of thiazole rings is 1. The summed E-state index contributed by atoms with van der Waals surface area (Å²) in [5.74, 6) is -0.188. The number of hydrogen-bond donors (Lipinski definition) is 1. The minimum atomic E-state index is -0.188. The Balaban J connectivity index is 1.78. The van der Waals surface area contributed by atoms with Crippen LogP contribution in [0, 0.1) is 5.82 Å². The molecule has 0 bridgehead atoms. The van der Waals surface area contributed by atoms with E-state index in [1.165, 1.54) is 11.6 Å². The molecule has 1 aliphatic heterocycles. The normalized spacial score (nSPS) is 14.6. The predicted octanol–water partition coefficient (Wildman–Crippen LogP) is 3.86. The van der Waals surface area contributed by atoms with Crippen LogP contribution < -0.4 is 10.2 Å². The summed E-state index contributed by atoms with van der Waals surface area (Å²) in [5, 5.41) is 6.46. The summed E-state index contributed by atoms with van der Waals surface area (Å²) in [5.41, 5.74) is 3.27. The highest BCUT2D eigenvalue weighted by Crippen LogP contribution is 2.36. The Morgan fingerprint density at radius 3 is 2.95 bits per heavy atom. The molecule has 0 atom stereocenters. The highest BCUT2D eigenvalue weighted by atomic mass is 32.1. The van der Waals surface area contributed by atoms with E-state index in [0.717, 1.165) is 36.0 Å². The monoisotopic (exact) mass is 305 g/mol. The van der Waals surface area contributed by atoms with Gasteiger partial charge in [0.1, 0.15) is 5.82 Å². The lowest BCUT2D eigenvalue weighted by molar-refractivity contribution is 0.422. The number of aromatic nitrogens is 1. The first-order valence-electron chi connectivity index (χ1n) is 7.18. The van der Waals surface area contributed by atoms with Crippen LogP contribution in [-0.4, -0.2) is 17.1 Å². The lowest BCUT2D eigenvalue weighted by Crippen LogP contribution is -2.35. The number of nitrogens with zero attached hydrogens (tertiary/aromatic N) is 2. The molecule has 21 heavy (non-hydrogen) atoms. The van der Waals surface area contributed by atoms with Gasteiger partial charge < -0.3 is 10.2 Å². The quantitative estimate of drug-likeness (QED) is 0.933. The first kappa shape index (κ1) is 14.5. The summed E-state index contributed by atoms with van der Waals surface area (Å²) in [6.45, 7) is 8.04. The van der Waals surface area contributed by atoms with E-state index in [-0.39, 0.29) is 11.4 Å². The molecule has 1 aromatic heterocycles. The number of hydrogen-bond acceptors (Lipinski definition) is 4. The second-order valence-corrected chi connectivity index (χ2v) is 7.24. The van der Waals surface area contributed by atoms with Crippen LogP contribution in [0.1, 0.15) is 32.0 Å². The van der Waals surface area contributed by atoms with E-state index in [0.29, 0.717) is 0 Å². The maximum atomic E-state index is 13.5. The third kappa shape index (κ3) is 3.24. The molecule has 1 aromatic carbocycles. The molecule has 0 saturated heterocycles. The molecular weight excluding hydrogens is 285 g/mol. The molecule has 1 N–H and O–H groups in total. The lowest BCUT2D eigenvalue weighted by atomic mass is 10.1. The Morgan fingerprint density at radius 1 is 1.38 bits per heavy atom. The third-order valence-corrected chi connectivity index (χ3v) is 4.43. The van der Waals surface area contributed by atoms with Crippen molar-refractivity contribution in [1.82, 2.24) is 10.3 Å². The van der Waals surface area contributed by atoms with Crippen LogP contribution in [0.2, 0.25) is 0 Å². The van der Waals surface area contributed by atoms with Crippen LogP contribution in [-0.2, 0) is 13.0 Å². The maximum Gasteiger partial charge on any atom is 0.190 e. The van der Waals surface area contributed by atoms with Crippen LogP contribution in [0.15, 0.2) is 23.6 Å². The summed E-state index contributed by atoms with van der Waals surface area (Å²) < 4.78 is 13.5. The predicted molar refractivity (Wildman–Crippen MR) is 85.8 cm³/mol. The molecule has 0 radical (unpaired) electrons. The number of anilines is 2. The van der Waals surface area contributed by atoms with Crippen molar-refractivity contribution in [2.45, 2.75) is 39.3 Å². The Bertz CT molecular complexity index is 645. The first-order chi connectivity index (χ1) is 9.92. The molecule has 1 aliphatic rings. The maximum absolute atomic E-state index is 13.5. The van der Waals surface area contributed by atoms with Crippen LogP contribution in [0.25, 0.3) is 0 Å². The number of halogens is 1. The fourth-order valence-electron chi connectivity index (χ4n) is 2.41. The van der Waals surface area contributed by atoms with Gasteiger partial charge >= 0.3 is 0 Å². The zero-order chi connectivity index (χ0) is 15.0. The van der Waals surface area contributed by atoms with E-state index in [1.54, 1.807) is 17.4 Å². The summed E-state index contributed by atoms with van der Waals surface area (Å²) in [4.78, 5) is 6.80. The molecule has 0 aliphatic carbocycles. The van der Waals surface area contributed by atoms with Gasteiger partial charge in [0.25, 0.3) is 0 Å². The standard InChI is InChI=1S/C16H20FN3S/c1-16(2,3)18-9-13-10-21-15(19-13)20-7-6-11-4-5-12(17)8-14(11)20/h4-5,8,10,18H,6-7,9H2,1-3H3. The average Bonchev–Trinajstić information content (AvgIpc) is 3.00. The molecule has 3 rings (SSSR count). The van der Waals surface area contributed by atoms with Gasteiger partial charge in [-0.25, -0.2) is 9.37 Å². The van der Waals surface area contributed by atoms with E-state index >= 15 is 0 Å². The Kier molecular flexibility index (Phi) is 3.71. The molecule has 2 heterocycles. The van der Waals surface area contributed by atoms with Crippen molar-refractivity contribution in [3.8, 4) is 0 Å². The Hall–Kier alpha value is -1.46. The van der Waals surface area contributed by atoms with Crippen molar-refractivity contribution in [3.63, 3.8) is 0 Å². The smallest absolute Gasteiger partial charge is 0.190 e. The van der Waals surface area contributed by atoms with Crippen molar-refractivity contribution in [3.05, 3.63) is 40.7 Å². The molecule has 3 nitrogen and oxygen atoms in total. The van der Waals surface area contributed by atoms with Crippen molar-refractivity contribution >= 4 is 22.2 Å². The molecule has 0 spiro atoms. The fourth-order valence-corrected chi connectivity index (χ4v) is 3.27. The minimum Gasteiger partial charge on any atom is -0.317 e. The van der Waals surface area contributed by atoms with E-state index in [1.807, 2.05) is 6.07 Å². The summed E-state index contributed by atoms with van der Waals surface area (Å²) in [6, 6.07) is 5.01. The van der Waals surface area contributed by atoms with Gasteiger partial charge in [-0.05, 0) is 44.9 Å². The lowest BCUT2D eigenvalue weighted by Gasteiger charge is -2.19.